The largest absolute Gasteiger partial charge is 0.150 e. The lowest BCUT2D eigenvalue weighted by molar-refractivity contribution is 0.444. The minimum atomic E-state index is 0.705. The smallest absolute Gasteiger partial charge is 0.113 e. The van der Waals surface area contributed by atoms with Crippen LogP contribution < -0.4 is 0 Å². The predicted octanol–water partition coefficient (Wildman–Crippen LogP) is 5.39. The van der Waals surface area contributed by atoms with Crippen LogP contribution in [0.4, 0.5) is 0 Å². The summed E-state index contributed by atoms with van der Waals surface area (Å²) in [5.74, 6) is 0.705. The van der Waals surface area contributed by atoms with E-state index in [2.05, 4.69) is 51.1 Å². The van der Waals surface area contributed by atoms with Gasteiger partial charge < -0.3 is 0 Å². The van der Waals surface area contributed by atoms with Gasteiger partial charge in [-0.25, -0.2) is 0 Å². The Hall–Kier alpha value is -2.16. The molecule has 0 bridgehead atoms. The molecule has 0 spiro atoms. The molecular weight excluding hydrogens is 294 g/mol. The summed E-state index contributed by atoms with van der Waals surface area (Å²) in [4.78, 5) is 1.81. The normalized spacial score (nSPS) is 16.0. The first-order valence-electron chi connectivity index (χ1n) is 9.07. The third kappa shape index (κ3) is 2.72. The van der Waals surface area contributed by atoms with Gasteiger partial charge in [0.1, 0.15) is 11.0 Å². The Kier molecular flexibility index (Phi) is 3.87. The second-order valence-electron chi connectivity index (χ2n) is 7.30. The molecule has 0 atom stereocenters. The molecule has 0 saturated heterocycles. The van der Waals surface area contributed by atoms with Gasteiger partial charge in [0, 0.05) is 0 Å². The quantitative estimate of drug-likeness (QED) is 0.633. The van der Waals surface area contributed by atoms with E-state index in [1.807, 2.05) is 4.80 Å². The number of hydrogen-bond acceptors (Lipinski definition) is 2. The highest BCUT2D eigenvalue weighted by Crippen LogP contribution is 2.33. The van der Waals surface area contributed by atoms with Crippen LogP contribution in [-0.4, -0.2) is 15.0 Å². The molecule has 1 saturated carbocycles. The summed E-state index contributed by atoms with van der Waals surface area (Å²) in [6.07, 6.45) is 6.74. The van der Waals surface area contributed by atoms with Crippen LogP contribution in [0.1, 0.15) is 60.3 Å². The lowest BCUT2D eigenvalue weighted by atomic mass is 9.84. The van der Waals surface area contributed by atoms with Crippen molar-refractivity contribution in [2.45, 2.75) is 58.8 Å². The van der Waals surface area contributed by atoms with Crippen LogP contribution in [0.5, 0.6) is 0 Å². The van der Waals surface area contributed by atoms with E-state index in [4.69, 9.17) is 10.2 Å². The Morgan fingerprint density at radius 3 is 2.42 bits per heavy atom. The molecule has 1 fully saturated rings. The van der Waals surface area contributed by atoms with Crippen LogP contribution in [0.15, 0.2) is 30.3 Å². The van der Waals surface area contributed by atoms with E-state index in [0.29, 0.717) is 5.92 Å². The van der Waals surface area contributed by atoms with Gasteiger partial charge >= 0.3 is 0 Å². The molecule has 0 unspecified atom stereocenters. The van der Waals surface area contributed by atoms with Crippen molar-refractivity contribution in [1.29, 1.82) is 0 Å². The van der Waals surface area contributed by atoms with Gasteiger partial charge in [0.15, 0.2) is 0 Å². The molecule has 0 amide bonds. The van der Waals surface area contributed by atoms with Crippen molar-refractivity contribution in [3.05, 3.63) is 52.6 Å². The van der Waals surface area contributed by atoms with E-state index in [-0.39, 0.29) is 0 Å². The van der Waals surface area contributed by atoms with Crippen LogP contribution in [-0.2, 0) is 0 Å². The molecule has 4 rings (SSSR count). The molecular formula is C21H25N3. The number of fused-ring (bicyclic) bond motifs is 1. The van der Waals surface area contributed by atoms with Crippen molar-refractivity contribution in [1.82, 2.24) is 15.0 Å². The number of rotatable bonds is 2. The zero-order valence-corrected chi connectivity index (χ0v) is 14.8. The molecule has 3 heteroatoms. The molecule has 124 valence electrons. The fourth-order valence-electron chi connectivity index (χ4n) is 3.95. The molecule has 1 heterocycles. The van der Waals surface area contributed by atoms with E-state index < -0.39 is 0 Å². The fourth-order valence-corrected chi connectivity index (χ4v) is 3.95. The topological polar surface area (TPSA) is 30.7 Å². The first-order chi connectivity index (χ1) is 11.6. The highest BCUT2D eigenvalue weighted by molar-refractivity contribution is 5.75. The summed E-state index contributed by atoms with van der Waals surface area (Å²) in [6, 6.07) is 11.0. The van der Waals surface area contributed by atoms with Gasteiger partial charge in [0.25, 0.3) is 0 Å². The molecule has 3 nitrogen and oxygen atoms in total. The Labute approximate surface area is 143 Å². The summed E-state index contributed by atoms with van der Waals surface area (Å²) in [5.41, 5.74) is 8.29. The van der Waals surface area contributed by atoms with Gasteiger partial charge in [-0.15, -0.1) is 10.2 Å². The van der Waals surface area contributed by atoms with Crippen LogP contribution in [0, 0.1) is 20.8 Å². The van der Waals surface area contributed by atoms with E-state index >= 15 is 0 Å². The number of aromatic nitrogens is 3. The molecule has 1 aromatic heterocycles. The number of nitrogens with zero attached hydrogens (tertiary/aromatic N) is 3. The number of benzene rings is 2. The monoisotopic (exact) mass is 319 g/mol. The summed E-state index contributed by atoms with van der Waals surface area (Å²) >= 11 is 0. The maximum atomic E-state index is 4.79. The Bertz CT molecular complexity index is 885. The zero-order chi connectivity index (χ0) is 16.7. The molecule has 0 aliphatic heterocycles. The summed E-state index contributed by atoms with van der Waals surface area (Å²) < 4.78 is 0. The zero-order valence-electron chi connectivity index (χ0n) is 14.8. The summed E-state index contributed by atoms with van der Waals surface area (Å²) in [6.45, 7) is 6.42. The van der Waals surface area contributed by atoms with Gasteiger partial charge in [-0.2, -0.15) is 4.80 Å². The third-order valence-corrected chi connectivity index (χ3v) is 5.48. The fraction of sp³-hybridized carbons (Fsp3) is 0.429. The molecule has 0 radical (unpaired) electrons. The van der Waals surface area contributed by atoms with Crippen LogP contribution in [0.3, 0.4) is 0 Å². The Balaban J connectivity index is 1.76. The Morgan fingerprint density at radius 1 is 0.875 bits per heavy atom. The SMILES string of the molecule is Cc1cc(C)c(C)c(-n2nc3ccc(C4CCCCC4)cc3n2)c1. The van der Waals surface area contributed by atoms with E-state index in [9.17, 15) is 0 Å². The van der Waals surface area contributed by atoms with Crippen molar-refractivity contribution in [2.24, 2.45) is 0 Å². The highest BCUT2D eigenvalue weighted by atomic mass is 15.5. The summed E-state index contributed by atoms with van der Waals surface area (Å²) in [7, 11) is 0. The highest BCUT2D eigenvalue weighted by Gasteiger charge is 2.17. The van der Waals surface area contributed by atoms with Crippen molar-refractivity contribution >= 4 is 11.0 Å². The van der Waals surface area contributed by atoms with E-state index in [1.165, 1.54) is 54.4 Å². The van der Waals surface area contributed by atoms with Gasteiger partial charge in [0.05, 0.1) is 5.69 Å². The molecule has 2 aromatic carbocycles. The standard InChI is InChI=1S/C21H25N3/c1-14-11-15(2)16(3)21(12-14)24-22-19-10-9-18(13-20(19)23-24)17-7-5-4-6-8-17/h9-13,17H,4-8H2,1-3H3. The average Bonchev–Trinajstić information content (AvgIpc) is 3.01. The molecule has 1 aliphatic rings. The summed E-state index contributed by atoms with van der Waals surface area (Å²) in [5, 5.41) is 9.50. The Morgan fingerprint density at radius 2 is 1.62 bits per heavy atom. The van der Waals surface area contributed by atoms with Crippen molar-refractivity contribution < 1.29 is 0 Å². The second-order valence-corrected chi connectivity index (χ2v) is 7.30. The minimum Gasteiger partial charge on any atom is -0.150 e. The lowest BCUT2D eigenvalue weighted by Crippen LogP contribution is -2.04. The van der Waals surface area contributed by atoms with Crippen LogP contribution in [0.25, 0.3) is 16.7 Å². The molecule has 24 heavy (non-hydrogen) atoms. The molecule has 0 N–H and O–H groups in total. The van der Waals surface area contributed by atoms with Crippen molar-refractivity contribution in [3.8, 4) is 5.69 Å². The van der Waals surface area contributed by atoms with Crippen LogP contribution >= 0.6 is 0 Å². The van der Waals surface area contributed by atoms with Crippen LogP contribution in [0.2, 0.25) is 0 Å². The van der Waals surface area contributed by atoms with Gasteiger partial charge in [-0.3, -0.25) is 0 Å². The number of aryl methyl sites for hydroxylation is 2. The predicted molar refractivity (Wildman–Crippen MR) is 98.9 cm³/mol. The average molecular weight is 319 g/mol. The van der Waals surface area contributed by atoms with Crippen molar-refractivity contribution in [3.63, 3.8) is 0 Å². The van der Waals surface area contributed by atoms with Crippen molar-refractivity contribution in [2.75, 3.05) is 0 Å². The molecule has 1 aliphatic carbocycles. The first-order valence-corrected chi connectivity index (χ1v) is 9.07. The third-order valence-electron chi connectivity index (χ3n) is 5.48. The number of hydrogen-bond donors (Lipinski definition) is 0. The maximum Gasteiger partial charge on any atom is 0.113 e. The minimum absolute atomic E-state index is 0.705. The van der Waals surface area contributed by atoms with Gasteiger partial charge in [-0.05, 0) is 80.0 Å². The second kappa shape index (κ2) is 6.04. The first kappa shape index (κ1) is 15.4. The van der Waals surface area contributed by atoms with E-state index in [0.717, 1.165) is 16.7 Å². The van der Waals surface area contributed by atoms with E-state index in [1.54, 1.807) is 0 Å². The molecule has 3 aromatic rings. The van der Waals surface area contributed by atoms with Gasteiger partial charge in [0.2, 0.25) is 0 Å². The lowest BCUT2D eigenvalue weighted by Gasteiger charge is -2.21. The van der Waals surface area contributed by atoms with Gasteiger partial charge in [-0.1, -0.05) is 31.4 Å². The maximum absolute atomic E-state index is 4.79.